The second-order valence-electron chi connectivity index (χ2n) is 5.33. The first-order chi connectivity index (χ1) is 11.6. The van der Waals surface area contributed by atoms with Crippen LogP contribution < -0.4 is 10.1 Å². The van der Waals surface area contributed by atoms with Crippen LogP contribution in [0.3, 0.4) is 0 Å². The lowest BCUT2D eigenvalue weighted by Gasteiger charge is -2.08. The van der Waals surface area contributed by atoms with Gasteiger partial charge in [0.2, 0.25) is 0 Å². The standard InChI is InChI=1S/C18H20BrNO4/c1-23-18(22)4-2-3-9-20-17(21)12-24-16-8-6-13-10-15(19)7-5-14(13)11-16/h5-8,10-11H,2-4,9,12H2,1H3,(H,20,21). The van der Waals surface area contributed by atoms with Crippen LogP contribution in [-0.4, -0.2) is 32.1 Å². The van der Waals surface area contributed by atoms with Crippen molar-refractivity contribution in [1.82, 2.24) is 5.32 Å². The predicted molar refractivity (Wildman–Crippen MR) is 96.0 cm³/mol. The quantitative estimate of drug-likeness (QED) is 0.550. The highest BCUT2D eigenvalue weighted by molar-refractivity contribution is 9.10. The first-order valence-corrected chi connectivity index (χ1v) is 8.53. The number of benzene rings is 2. The van der Waals surface area contributed by atoms with Gasteiger partial charge in [0.1, 0.15) is 5.75 Å². The van der Waals surface area contributed by atoms with Crippen LogP contribution in [0.2, 0.25) is 0 Å². The van der Waals surface area contributed by atoms with E-state index in [-0.39, 0.29) is 18.5 Å². The fourth-order valence-corrected chi connectivity index (χ4v) is 2.59. The van der Waals surface area contributed by atoms with Crippen LogP contribution in [0.15, 0.2) is 40.9 Å². The van der Waals surface area contributed by atoms with Crippen molar-refractivity contribution >= 4 is 38.6 Å². The van der Waals surface area contributed by atoms with Crippen molar-refractivity contribution in [3.05, 3.63) is 40.9 Å². The van der Waals surface area contributed by atoms with Gasteiger partial charge in [-0.2, -0.15) is 0 Å². The van der Waals surface area contributed by atoms with Gasteiger partial charge in [0, 0.05) is 17.4 Å². The van der Waals surface area contributed by atoms with Crippen LogP contribution in [0.25, 0.3) is 10.8 Å². The van der Waals surface area contributed by atoms with Crippen LogP contribution >= 0.6 is 15.9 Å². The zero-order valence-corrected chi connectivity index (χ0v) is 15.1. The molecule has 1 N–H and O–H groups in total. The molecule has 0 spiro atoms. The topological polar surface area (TPSA) is 64.6 Å². The van der Waals surface area contributed by atoms with Gasteiger partial charge in [-0.1, -0.05) is 28.1 Å². The molecule has 0 aliphatic rings. The second kappa shape index (κ2) is 9.27. The smallest absolute Gasteiger partial charge is 0.305 e. The van der Waals surface area contributed by atoms with E-state index < -0.39 is 0 Å². The predicted octanol–water partition coefficient (Wildman–Crippen LogP) is 3.44. The third-order valence-electron chi connectivity index (χ3n) is 3.50. The van der Waals surface area contributed by atoms with E-state index in [1.807, 2.05) is 36.4 Å². The molecule has 0 aliphatic carbocycles. The largest absolute Gasteiger partial charge is 0.484 e. The van der Waals surface area contributed by atoms with Crippen LogP contribution in [0.4, 0.5) is 0 Å². The maximum atomic E-state index is 11.7. The summed E-state index contributed by atoms with van der Waals surface area (Å²) in [6, 6.07) is 11.7. The fourth-order valence-electron chi connectivity index (χ4n) is 2.21. The summed E-state index contributed by atoms with van der Waals surface area (Å²) in [6.07, 6.45) is 1.79. The molecule has 0 saturated heterocycles. The van der Waals surface area contributed by atoms with Crippen molar-refractivity contribution in [2.45, 2.75) is 19.3 Å². The molecule has 0 aliphatic heterocycles. The minimum absolute atomic E-state index is 0.0287. The SMILES string of the molecule is COC(=O)CCCCNC(=O)COc1ccc2cc(Br)ccc2c1. The molecule has 0 aromatic heterocycles. The van der Waals surface area contributed by atoms with E-state index >= 15 is 0 Å². The van der Waals surface area contributed by atoms with Gasteiger partial charge in [0.05, 0.1) is 7.11 Å². The lowest BCUT2D eigenvalue weighted by atomic mass is 10.1. The summed E-state index contributed by atoms with van der Waals surface area (Å²) in [5, 5.41) is 4.93. The summed E-state index contributed by atoms with van der Waals surface area (Å²) in [5.41, 5.74) is 0. The van der Waals surface area contributed by atoms with E-state index in [1.165, 1.54) is 7.11 Å². The van der Waals surface area contributed by atoms with Crippen molar-refractivity contribution in [1.29, 1.82) is 0 Å². The molecule has 2 rings (SSSR count). The van der Waals surface area contributed by atoms with E-state index in [0.29, 0.717) is 25.1 Å². The Morgan fingerprint density at radius 2 is 1.83 bits per heavy atom. The Bertz CT molecular complexity index is 717. The highest BCUT2D eigenvalue weighted by atomic mass is 79.9. The average molecular weight is 394 g/mol. The van der Waals surface area contributed by atoms with Gasteiger partial charge < -0.3 is 14.8 Å². The molecular formula is C18H20BrNO4. The number of methoxy groups -OCH3 is 1. The second-order valence-corrected chi connectivity index (χ2v) is 6.24. The number of amides is 1. The minimum Gasteiger partial charge on any atom is -0.484 e. The number of carbonyl (C=O) groups is 2. The van der Waals surface area contributed by atoms with Crippen molar-refractivity contribution in [2.75, 3.05) is 20.3 Å². The molecule has 2 aromatic rings. The maximum Gasteiger partial charge on any atom is 0.305 e. The van der Waals surface area contributed by atoms with Gasteiger partial charge in [-0.3, -0.25) is 9.59 Å². The summed E-state index contributed by atoms with van der Waals surface area (Å²) in [5.74, 6) is 0.252. The van der Waals surface area contributed by atoms with E-state index in [9.17, 15) is 9.59 Å². The van der Waals surface area contributed by atoms with Gasteiger partial charge in [-0.05, 0) is 47.9 Å². The molecule has 1 amide bonds. The molecule has 2 aromatic carbocycles. The number of ether oxygens (including phenoxy) is 2. The number of hydrogen-bond donors (Lipinski definition) is 1. The van der Waals surface area contributed by atoms with Crippen LogP contribution in [-0.2, 0) is 14.3 Å². The summed E-state index contributed by atoms with van der Waals surface area (Å²) < 4.78 is 11.1. The molecule has 0 fully saturated rings. The van der Waals surface area contributed by atoms with Crippen LogP contribution in [0.1, 0.15) is 19.3 Å². The van der Waals surface area contributed by atoms with Gasteiger partial charge in [0.15, 0.2) is 6.61 Å². The van der Waals surface area contributed by atoms with Crippen molar-refractivity contribution in [3.8, 4) is 5.75 Å². The Morgan fingerprint density at radius 3 is 2.62 bits per heavy atom. The molecule has 5 nitrogen and oxygen atoms in total. The minimum atomic E-state index is -0.229. The summed E-state index contributed by atoms with van der Waals surface area (Å²) in [4.78, 5) is 22.7. The molecule has 6 heteroatoms. The third kappa shape index (κ3) is 5.85. The molecular weight excluding hydrogens is 374 g/mol. The normalized spacial score (nSPS) is 10.4. The number of esters is 1. The molecule has 0 atom stereocenters. The summed E-state index contributed by atoms with van der Waals surface area (Å²) in [7, 11) is 1.37. The Hall–Kier alpha value is -2.08. The van der Waals surface area contributed by atoms with E-state index in [4.69, 9.17) is 4.74 Å². The lowest BCUT2D eigenvalue weighted by Crippen LogP contribution is -2.29. The van der Waals surface area contributed by atoms with Gasteiger partial charge in [-0.25, -0.2) is 0 Å². The number of fused-ring (bicyclic) bond motifs is 1. The molecule has 0 bridgehead atoms. The van der Waals surface area contributed by atoms with Crippen molar-refractivity contribution in [2.24, 2.45) is 0 Å². The summed E-state index contributed by atoms with van der Waals surface area (Å²) >= 11 is 3.44. The summed E-state index contributed by atoms with van der Waals surface area (Å²) in [6.45, 7) is 0.490. The maximum absolute atomic E-state index is 11.7. The average Bonchev–Trinajstić information content (AvgIpc) is 2.59. The van der Waals surface area contributed by atoms with E-state index in [1.54, 1.807) is 0 Å². The van der Waals surface area contributed by atoms with E-state index in [0.717, 1.165) is 21.7 Å². The number of halogens is 1. The number of hydrogen-bond acceptors (Lipinski definition) is 4. The zero-order chi connectivity index (χ0) is 17.4. The van der Waals surface area contributed by atoms with Gasteiger partial charge >= 0.3 is 5.97 Å². The molecule has 128 valence electrons. The lowest BCUT2D eigenvalue weighted by molar-refractivity contribution is -0.140. The van der Waals surface area contributed by atoms with E-state index in [2.05, 4.69) is 26.0 Å². The first-order valence-electron chi connectivity index (χ1n) is 7.74. The Balaban J connectivity index is 1.72. The molecule has 0 heterocycles. The highest BCUT2D eigenvalue weighted by Gasteiger charge is 2.04. The molecule has 0 unspecified atom stereocenters. The molecule has 24 heavy (non-hydrogen) atoms. The van der Waals surface area contributed by atoms with Crippen molar-refractivity contribution < 1.29 is 19.1 Å². The Labute approximate surface area is 149 Å². The third-order valence-corrected chi connectivity index (χ3v) is 3.99. The Morgan fingerprint density at radius 1 is 1.08 bits per heavy atom. The monoisotopic (exact) mass is 393 g/mol. The van der Waals surface area contributed by atoms with Gasteiger partial charge in [0.25, 0.3) is 5.91 Å². The Kier molecular flexibility index (Phi) is 7.06. The highest BCUT2D eigenvalue weighted by Crippen LogP contribution is 2.24. The number of nitrogens with one attached hydrogen (secondary N) is 1. The number of carbonyl (C=O) groups excluding carboxylic acids is 2. The van der Waals surface area contributed by atoms with Crippen LogP contribution in [0.5, 0.6) is 5.75 Å². The first kappa shape index (κ1) is 18.3. The van der Waals surface area contributed by atoms with Crippen LogP contribution in [0, 0.1) is 0 Å². The van der Waals surface area contributed by atoms with Crippen molar-refractivity contribution in [3.63, 3.8) is 0 Å². The molecule has 0 radical (unpaired) electrons. The number of rotatable bonds is 8. The van der Waals surface area contributed by atoms with Gasteiger partial charge in [-0.15, -0.1) is 0 Å². The fraction of sp³-hybridized carbons (Fsp3) is 0.333. The molecule has 0 saturated carbocycles. The number of unbranched alkanes of at least 4 members (excludes halogenated alkanes) is 1. The zero-order valence-electron chi connectivity index (χ0n) is 13.5.